The minimum Gasteiger partial charge on any atom is -0.0654 e. The van der Waals surface area contributed by atoms with Crippen LogP contribution in [0.3, 0.4) is 0 Å². The molecule has 0 saturated carbocycles. The van der Waals surface area contributed by atoms with E-state index in [9.17, 15) is 5.53 Å². The molecule has 3 heteroatoms. The molecule has 87 heavy (non-hydrogen) atoms. The Morgan fingerprint density at radius 3 is 0.736 bits per heavy atom. The smallest absolute Gasteiger partial charge is 0.0654 e. The van der Waals surface area contributed by atoms with Crippen molar-refractivity contribution in [2.75, 3.05) is 0 Å². The summed E-state index contributed by atoms with van der Waals surface area (Å²) in [6, 6.07) is 9.27. The van der Waals surface area contributed by atoms with Crippen LogP contribution in [-0.2, 0) is 53.0 Å². The van der Waals surface area contributed by atoms with Crippen LogP contribution in [0.4, 0.5) is 0 Å². The molecule has 2 nitrogen and oxygen atoms in total. The summed E-state index contributed by atoms with van der Waals surface area (Å²) in [5.74, 6) is 0. The van der Waals surface area contributed by atoms with Crippen LogP contribution in [0.5, 0.6) is 0 Å². The van der Waals surface area contributed by atoms with E-state index in [1.54, 1.807) is 0 Å². The molecule has 0 spiro atoms. The van der Waals surface area contributed by atoms with Crippen molar-refractivity contribution in [3.63, 3.8) is 0 Å². The van der Waals surface area contributed by atoms with Gasteiger partial charge >= 0.3 is 166 Å². The molecular weight excluding hydrogens is 1100 g/mol. The first-order valence-electron chi connectivity index (χ1n) is 39.6. The van der Waals surface area contributed by atoms with Crippen molar-refractivity contribution >= 4 is 11.4 Å². The van der Waals surface area contributed by atoms with Crippen LogP contribution in [0.2, 0.25) is 10.8 Å². The molecule has 2 aromatic rings. The molecule has 1 aliphatic heterocycles. The van der Waals surface area contributed by atoms with Gasteiger partial charge in [-0.3, -0.25) is 0 Å². The van der Waals surface area contributed by atoms with Crippen LogP contribution < -0.4 is 0 Å². The molecule has 1 aliphatic rings. The predicted molar refractivity (Wildman–Crippen MR) is 390 cm³/mol. The van der Waals surface area contributed by atoms with Crippen LogP contribution in [0.15, 0.2) is 35.9 Å². The molecule has 0 amide bonds. The summed E-state index contributed by atoms with van der Waals surface area (Å²) in [4.78, 5) is 0. The van der Waals surface area contributed by atoms with Crippen molar-refractivity contribution in [1.82, 2.24) is 0 Å². The summed E-state index contributed by atoms with van der Waals surface area (Å²) in [5, 5.41) is 2.87. The van der Waals surface area contributed by atoms with Crippen molar-refractivity contribution in [3.05, 3.63) is 86.0 Å². The molecule has 0 N–H and O–H groups in total. The minimum atomic E-state index is 0.920. The minimum absolute atomic E-state index is 0.920. The Labute approximate surface area is 552 Å². The Balaban J connectivity index is 0.000000648. The fraction of sp³-hybridized carbons (Fsp3) is 0.810. The summed E-state index contributed by atoms with van der Waals surface area (Å²) < 4.78 is 1.49. The Morgan fingerprint density at radius 2 is 0.506 bits per heavy atom. The molecule has 3 rings (SSSR count). The molecule has 0 atom stereocenters. The van der Waals surface area contributed by atoms with Crippen LogP contribution in [-0.4, -0.2) is 4.70 Å². The first kappa shape index (κ1) is 81.1. The average Bonchev–Trinajstić information content (AvgIpc) is 1.99. The van der Waals surface area contributed by atoms with E-state index >= 15 is 0 Å². The number of unbranched alkanes of at least 4 members (excludes halogenated alkanes) is 47. The van der Waals surface area contributed by atoms with Gasteiger partial charge in [0.1, 0.15) is 0 Å². The number of nitrogens with zero attached hydrogens (tertiary/aromatic N) is 2. The molecule has 0 unspecified atom stereocenters. The number of benzene rings is 2. The van der Waals surface area contributed by atoms with Gasteiger partial charge in [-0.15, -0.1) is 0 Å². The normalized spacial score (nSPS) is 12.5. The maximum atomic E-state index is 11.6. The first-order chi connectivity index (χ1) is 42.9. The predicted octanol–water partition coefficient (Wildman–Crippen LogP) is 29.7. The van der Waals surface area contributed by atoms with E-state index < -0.39 is 0 Å². The standard InChI is InChI=1S/C32H44N2.2C26H53.Ni/c1-8-15-16-26-21-31(27-17-22(9-2)29(13-6)23(10-3)18-27)34(33)32(26)28-19-24(11-4)30(14-7)25(12-5)20-28;2*1-3-5-7-9-11-13-15-17-19-21-23-25-26-24-22-20-18-16-14-12-10-8-6-4-2;/h17-21H,8-16H2,1-7H3;2*1,3-26H2,2H3;. The number of aryl methyl sites for hydroxylation is 4. The SMILES string of the molecule is CCCCC1=C(c2cc(CC)c(CC)c(CC)c2)[N+](=[N-])C(c2cc(CC)c(CC)c(CC)c2)=C1.CCCCCCCCCCCCCCCCCCCCCCCCC[CH2][Ni][CH2]CCCCCCCCCCCCCCCCCCCCCCCCC. The third kappa shape index (κ3) is 39.2. The molecule has 0 aromatic heterocycles. The van der Waals surface area contributed by atoms with Crippen molar-refractivity contribution in [3.8, 4) is 0 Å². The Bertz CT molecular complexity index is 1870. The first-order valence-corrected chi connectivity index (χ1v) is 41.0. The maximum absolute atomic E-state index is 11.6. The Hall–Kier alpha value is -1.99. The van der Waals surface area contributed by atoms with Gasteiger partial charge in [-0.2, -0.15) is 0 Å². The number of hydrogen-bond acceptors (Lipinski definition) is 0. The monoisotopic (exact) mass is 1250 g/mol. The number of allylic oxidation sites excluding steroid dienone is 2. The number of hydrogen-bond donors (Lipinski definition) is 0. The zero-order valence-electron chi connectivity index (χ0n) is 60.3. The second-order valence-electron chi connectivity index (χ2n) is 27.2. The molecule has 0 bridgehead atoms. The summed E-state index contributed by atoms with van der Waals surface area (Å²) >= 11 is 2.05. The van der Waals surface area contributed by atoms with Crippen LogP contribution in [0.1, 0.15) is 434 Å². The third-order valence-corrected chi connectivity index (χ3v) is 21.1. The molecule has 506 valence electrons. The van der Waals surface area contributed by atoms with Crippen LogP contribution in [0.25, 0.3) is 16.9 Å². The number of rotatable bonds is 61. The molecular formula is C84H150N2Ni. The molecule has 2 aromatic carbocycles. The van der Waals surface area contributed by atoms with Gasteiger partial charge in [0.05, 0.1) is 0 Å². The van der Waals surface area contributed by atoms with Gasteiger partial charge in [0.25, 0.3) is 0 Å². The molecule has 0 fully saturated rings. The summed E-state index contributed by atoms with van der Waals surface area (Å²) in [5.41, 5.74) is 25.7. The van der Waals surface area contributed by atoms with E-state index in [4.69, 9.17) is 0 Å². The van der Waals surface area contributed by atoms with Gasteiger partial charge in [-0.05, 0) is 109 Å². The van der Waals surface area contributed by atoms with Gasteiger partial charge in [-0.1, -0.05) is 236 Å². The third-order valence-electron chi connectivity index (χ3n) is 19.7. The Morgan fingerprint density at radius 1 is 0.276 bits per heavy atom. The average molecular weight is 1250 g/mol. The second kappa shape index (κ2) is 59.1. The van der Waals surface area contributed by atoms with Gasteiger partial charge < -0.3 is 5.53 Å². The van der Waals surface area contributed by atoms with Gasteiger partial charge in [0.2, 0.25) is 11.4 Å². The summed E-state index contributed by atoms with van der Waals surface area (Å²) in [6.45, 7) is 20.3. The summed E-state index contributed by atoms with van der Waals surface area (Å²) in [7, 11) is 0. The van der Waals surface area contributed by atoms with Gasteiger partial charge in [0.15, 0.2) is 0 Å². The second-order valence-corrected chi connectivity index (χ2v) is 28.7. The van der Waals surface area contributed by atoms with Crippen molar-refractivity contribution in [2.24, 2.45) is 0 Å². The van der Waals surface area contributed by atoms with Crippen molar-refractivity contribution < 1.29 is 19.1 Å². The Kier molecular flexibility index (Phi) is 55.1. The molecule has 0 saturated heterocycles. The van der Waals surface area contributed by atoms with E-state index in [1.165, 1.54) is 363 Å². The van der Waals surface area contributed by atoms with E-state index in [-0.39, 0.29) is 0 Å². The molecule has 0 aliphatic carbocycles. The quantitative estimate of drug-likeness (QED) is 0.0358. The topological polar surface area (TPSA) is 25.3 Å². The van der Waals surface area contributed by atoms with Gasteiger partial charge in [0, 0.05) is 22.8 Å². The van der Waals surface area contributed by atoms with Crippen LogP contribution in [0, 0.1) is 0 Å². The van der Waals surface area contributed by atoms with E-state index in [2.05, 4.69) is 107 Å². The zero-order chi connectivity index (χ0) is 62.9. The summed E-state index contributed by atoms with van der Waals surface area (Å²) in [6.07, 6.45) is 82.9. The van der Waals surface area contributed by atoms with Crippen molar-refractivity contribution in [2.45, 2.75) is 439 Å². The molecule has 0 radical (unpaired) electrons. The van der Waals surface area contributed by atoms with Crippen LogP contribution >= 0.6 is 0 Å². The fourth-order valence-corrected chi connectivity index (χ4v) is 15.2. The van der Waals surface area contributed by atoms with E-state index in [0.29, 0.717) is 0 Å². The molecule has 1 heterocycles. The van der Waals surface area contributed by atoms with E-state index in [1.807, 2.05) is 0 Å². The van der Waals surface area contributed by atoms with E-state index in [0.717, 1.165) is 80.3 Å². The van der Waals surface area contributed by atoms with Gasteiger partial charge in [-0.25, -0.2) is 4.70 Å². The zero-order valence-corrected chi connectivity index (χ0v) is 61.3. The van der Waals surface area contributed by atoms with Crippen molar-refractivity contribution in [1.29, 1.82) is 0 Å². The fourth-order valence-electron chi connectivity index (χ4n) is 14.0.